The molecule has 0 saturated carbocycles. The van der Waals surface area contributed by atoms with E-state index in [-0.39, 0.29) is 11.5 Å². The predicted molar refractivity (Wildman–Crippen MR) is 64.3 cm³/mol. The van der Waals surface area contributed by atoms with Crippen LogP contribution in [0.4, 0.5) is 13.2 Å². The standard InChI is InChI=1S/C14H14F3NO/c1-9(2)7-11(8-18)13(19)10-3-5-12(6-4-10)14(15,16)17/h3-6,9,11H,7H2,1-2H3. The average Bonchev–Trinajstić information content (AvgIpc) is 2.34. The third-order valence-corrected chi connectivity index (χ3v) is 2.68. The maximum atomic E-state index is 12.4. The van der Waals surface area contributed by atoms with Crippen LogP contribution in [0.15, 0.2) is 24.3 Å². The zero-order valence-electron chi connectivity index (χ0n) is 10.7. The largest absolute Gasteiger partial charge is 0.416 e. The summed E-state index contributed by atoms with van der Waals surface area (Å²) in [6, 6.07) is 5.86. The molecule has 0 spiro atoms. The van der Waals surface area contributed by atoms with E-state index in [4.69, 9.17) is 5.26 Å². The van der Waals surface area contributed by atoms with Gasteiger partial charge in [-0.3, -0.25) is 4.79 Å². The van der Waals surface area contributed by atoms with Gasteiger partial charge in [-0.05, 0) is 24.5 Å². The minimum Gasteiger partial charge on any atom is -0.293 e. The maximum absolute atomic E-state index is 12.4. The summed E-state index contributed by atoms with van der Waals surface area (Å²) < 4.78 is 37.1. The lowest BCUT2D eigenvalue weighted by Crippen LogP contribution is -2.15. The number of nitriles is 1. The van der Waals surface area contributed by atoms with Gasteiger partial charge in [-0.25, -0.2) is 0 Å². The second-order valence-electron chi connectivity index (χ2n) is 4.75. The summed E-state index contributed by atoms with van der Waals surface area (Å²) in [6.07, 6.45) is -4.02. The highest BCUT2D eigenvalue weighted by Crippen LogP contribution is 2.29. The normalized spacial score (nSPS) is 13.1. The lowest BCUT2D eigenvalue weighted by molar-refractivity contribution is -0.137. The van der Waals surface area contributed by atoms with E-state index in [1.54, 1.807) is 0 Å². The molecule has 0 fully saturated rings. The van der Waals surface area contributed by atoms with Crippen LogP contribution in [0.2, 0.25) is 0 Å². The average molecular weight is 269 g/mol. The fourth-order valence-corrected chi connectivity index (χ4v) is 1.71. The Labute approximate surface area is 109 Å². The third-order valence-electron chi connectivity index (χ3n) is 2.68. The van der Waals surface area contributed by atoms with Crippen molar-refractivity contribution in [3.05, 3.63) is 35.4 Å². The molecule has 1 atom stereocenters. The molecule has 5 heteroatoms. The molecule has 0 aliphatic rings. The van der Waals surface area contributed by atoms with E-state index in [2.05, 4.69) is 0 Å². The Hall–Kier alpha value is -1.83. The first kappa shape index (κ1) is 15.2. The number of hydrogen-bond acceptors (Lipinski definition) is 2. The Morgan fingerprint density at radius 1 is 1.26 bits per heavy atom. The Morgan fingerprint density at radius 3 is 2.16 bits per heavy atom. The van der Waals surface area contributed by atoms with Gasteiger partial charge < -0.3 is 0 Å². The highest BCUT2D eigenvalue weighted by Gasteiger charge is 2.30. The van der Waals surface area contributed by atoms with Crippen molar-refractivity contribution in [3.8, 4) is 6.07 Å². The molecular formula is C14H14F3NO. The highest BCUT2D eigenvalue weighted by atomic mass is 19.4. The van der Waals surface area contributed by atoms with Crippen molar-refractivity contribution in [3.63, 3.8) is 0 Å². The number of nitrogens with zero attached hydrogens (tertiary/aromatic N) is 1. The highest BCUT2D eigenvalue weighted by molar-refractivity contribution is 5.99. The van der Waals surface area contributed by atoms with Gasteiger partial charge in [-0.2, -0.15) is 18.4 Å². The van der Waals surface area contributed by atoms with E-state index in [0.717, 1.165) is 24.3 Å². The van der Waals surface area contributed by atoms with Gasteiger partial charge in [0.05, 0.1) is 11.6 Å². The van der Waals surface area contributed by atoms with Crippen LogP contribution in [-0.4, -0.2) is 5.78 Å². The van der Waals surface area contributed by atoms with Crippen LogP contribution < -0.4 is 0 Å². The molecule has 0 aliphatic heterocycles. The molecule has 0 N–H and O–H groups in total. The van der Waals surface area contributed by atoms with Crippen molar-refractivity contribution in [1.29, 1.82) is 5.26 Å². The summed E-state index contributed by atoms with van der Waals surface area (Å²) >= 11 is 0. The monoisotopic (exact) mass is 269 g/mol. The molecule has 0 aromatic heterocycles. The van der Waals surface area contributed by atoms with Crippen LogP contribution in [0.3, 0.4) is 0 Å². The van der Waals surface area contributed by atoms with Crippen molar-refractivity contribution in [1.82, 2.24) is 0 Å². The van der Waals surface area contributed by atoms with Gasteiger partial charge >= 0.3 is 6.18 Å². The molecule has 0 amide bonds. The van der Waals surface area contributed by atoms with Crippen LogP contribution in [0.1, 0.15) is 36.2 Å². The number of hydrogen-bond donors (Lipinski definition) is 0. The first-order chi connectivity index (χ1) is 8.75. The van der Waals surface area contributed by atoms with Crippen LogP contribution >= 0.6 is 0 Å². The minimum absolute atomic E-state index is 0.139. The fourth-order valence-electron chi connectivity index (χ4n) is 1.71. The first-order valence-corrected chi connectivity index (χ1v) is 5.86. The molecule has 1 rings (SSSR count). The number of carbonyl (C=O) groups excluding carboxylic acids is 1. The van der Waals surface area contributed by atoms with Crippen molar-refractivity contribution in [2.24, 2.45) is 11.8 Å². The topological polar surface area (TPSA) is 40.9 Å². The fraction of sp³-hybridized carbons (Fsp3) is 0.429. The van der Waals surface area contributed by atoms with Gasteiger partial charge in [0.25, 0.3) is 0 Å². The molecule has 0 bridgehead atoms. The van der Waals surface area contributed by atoms with Gasteiger partial charge in [0.15, 0.2) is 5.78 Å². The maximum Gasteiger partial charge on any atom is 0.416 e. The van der Waals surface area contributed by atoms with Gasteiger partial charge in [-0.15, -0.1) is 0 Å². The molecule has 1 unspecified atom stereocenters. The quantitative estimate of drug-likeness (QED) is 0.773. The van der Waals surface area contributed by atoms with Crippen molar-refractivity contribution < 1.29 is 18.0 Å². The zero-order chi connectivity index (χ0) is 14.6. The first-order valence-electron chi connectivity index (χ1n) is 5.86. The zero-order valence-corrected chi connectivity index (χ0v) is 10.7. The molecule has 2 nitrogen and oxygen atoms in total. The van der Waals surface area contributed by atoms with E-state index in [0.29, 0.717) is 6.42 Å². The number of halogens is 3. The van der Waals surface area contributed by atoms with E-state index in [1.807, 2.05) is 19.9 Å². The molecule has 0 radical (unpaired) electrons. The number of alkyl halides is 3. The summed E-state index contributed by atoms with van der Waals surface area (Å²) in [5.41, 5.74) is -0.665. The minimum atomic E-state index is -4.42. The van der Waals surface area contributed by atoms with E-state index < -0.39 is 23.4 Å². The molecule has 0 aliphatic carbocycles. The van der Waals surface area contributed by atoms with E-state index >= 15 is 0 Å². The molecule has 0 heterocycles. The Kier molecular flexibility index (Phi) is 4.71. The van der Waals surface area contributed by atoms with Gasteiger partial charge in [0.1, 0.15) is 5.92 Å². The molecule has 1 aromatic rings. The summed E-state index contributed by atoms with van der Waals surface area (Å²) in [7, 11) is 0. The molecular weight excluding hydrogens is 255 g/mol. The number of ketones is 1. The lowest BCUT2D eigenvalue weighted by atomic mass is 9.90. The van der Waals surface area contributed by atoms with Crippen LogP contribution in [0, 0.1) is 23.2 Å². The summed E-state index contributed by atoms with van der Waals surface area (Å²) in [5, 5.41) is 8.94. The molecule has 19 heavy (non-hydrogen) atoms. The Morgan fingerprint density at radius 2 is 1.79 bits per heavy atom. The Bertz CT molecular complexity index is 483. The van der Waals surface area contributed by atoms with Gasteiger partial charge in [0, 0.05) is 5.56 Å². The predicted octanol–water partition coefficient (Wildman–Crippen LogP) is 4.07. The number of carbonyl (C=O) groups is 1. The summed E-state index contributed by atoms with van der Waals surface area (Å²) in [4.78, 5) is 12.0. The van der Waals surface area contributed by atoms with Crippen LogP contribution in [-0.2, 0) is 6.18 Å². The lowest BCUT2D eigenvalue weighted by Gasteiger charge is -2.11. The number of Topliss-reactive ketones (excluding diaryl/α,β-unsaturated/α-hetero) is 1. The number of benzene rings is 1. The SMILES string of the molecule is CC(C)CC(C#N)C(=O)c1ccc(C(F)(F)F)cc1. The number of rotatable bonds is 4. The van der Waals surface area contributed by atoms with Crippen molar-refractivity contribution >= 4 is 5.78 Å². The van der Waals surface area contributed by atoms with Crippen molar-refractivity contribution in [2.45, 2.75) is 26.4 Å². The van der Waals surface area contributed by atoms with Crippen molar-refractivity contribution in [2.75, 3.05) is 0 Å². The molecule has 102 valence electrons. The molecule has 1 aromatic carbocycles. The second kappa shape index (κ2) is 5.87. The van der Waals surface area contributed by atoms with Gasteiger partial charge in [0.2, 0.25) is 0 Å². The van der Waals surface area contributed by atoms with Crippen LogP contribution in [0.5, 0.6) is 0 Å². The third kappa shape index (κ3) is 4.09. The Balaban J connectivity index is 2.92. The molecule has 0 saturated heterocycles. The van der Waals surface area contributed by atoms with E-state index in [9.17, 15) is 18.0 Å². The smallest absolute Gasteiger partial charge is 0.293 e. The second-order valence-corrected chi connectivity index (χ2v) is 4.75. The van der Waals surface area contributed by atoms with Gasteiger partial charge in [-0.1, -0.05) is 26.0 Å². The summed E-state index contributed by atoms with van der Waals surface area (Å²) in [6.45, 7) is 3.76. The van der Waals surface area contributed by atoms with E-state index in [1.165, 1.54) is 0 Å². The summed E-state index contributed by atoms with van der Waals surface area (Å²) in [5.74, 6) is -1.07. The van der Waals surface area contributed by atoms with Crippen LogP contribution in [0.25, 0.3) is 0 Å².